The Morgan fingerprint density at radius 1 is 1.32 bits per heavy atom. The van der Waals surface area contributed by atoms with Crippen molar-refractivity contribution in [2.75, 3.05) is 12.4 Å². The summed E-state index contributed by atoms with van der Waals surface area (Å²) in [5.74, 6) is -0.184. The van der Waals surface area contributed by atoms with Crippen LogP contribution in [0.1, 0.15) is 12.5 Å². The summed E-state index contributed by atoms with van der Waals surface area (Å²) >= 11 is 7.14. The summed E-state index contributed by atoms with van der Waals surface area (Å²) in [5, 5.41) is 14.4. The van der Waals surface area contributed by atoms with Crippen molar-refractivity contribution in [3.8, 4) is 11.4 Å². The Hall–Kier alpha value is -2.65. The number of aryl methyl sites for hydroxylation is 1. The molecular weight excluding hydrogens is 405 g/mol. The number of halogens is 2. The molecule has 3 aromatic rings. The molecule has 0 spiro atoms. The fourth-order valence-corrected chi connectivity index (χ4v) is 3.42. The zero-order valence-electron chi connectivity index (χ0n) is 15.3. The van der Waals surface area contributed by atoms with E-state index in [1.165, 1.54) is 28.6 Å². The molecule has 0 saturated carbocycles. The molecule has 3 rings (SSSR count). The molecule has 1 aromatic heterocycles. The predicted octanol–water partition coefficient (Wildman–Crippen LogP) is 3.89. The van der Waals surface area contributed by atoms with Crippen LogP contribution in [0, 0.1) is 12.7 Å². The number of nitrogens with zero attached hydrogens (tertiary/aromatic N) is 4. The van der Waals surface area contributed by atoms with Gasteiger partial charge in [-0.15, -0.1) is 5.10 Å². The van der Waals surface area contributed by atoms with Crippen LogP contribution >= 0.6 is 23.4 Å². The van der Waals surface area contributed by atoms with Gasteiger partial charge in [0.15, 0.2) is 0 Å². The number of hydrogen-bond acceptors (Lipinski definition) is 6. The fraction of sp³-hybridized carbons (Fsp3) is 0.222. The van der Waals surface area contributed by atoms with Gasteiger partial charge in [0, 0.05) is 0 Å². The van der Waals surface area contributed by atoms with Crippen LogP contribution < -0.4 is 10.1 Å². The Labute approximate surface area is 170 Å². The van der Waals surface area contributed by atoms with Crippen molar-refractivity contribution < 1.29 is 13.9 Å². The van der Waals surface area contributed by atoms with Gasteiger partial charge < -0.3 is 10.1 Å². The largest absolute Gasteiger partial charge is 0.494 e. The minimum atomic E-state index is -0.540. The molecule has 0 radical (unpaired) electrons. The molecule has 0 bridgehead atoms. The first-order valence-corrected chi connectivity index (χ1v) is 9.50. The van der Waals surface area contributed by atoms with E-state index in [9.17, 15) is 9.18 Å². The second kappa shape index (κ2) is 8.57. The topological polar surface area (TPSA) is 81.9 Å². The monoisotopic (exact) mass is 421 g/mol. The van der Waals surface area contributed by atoms with E-state index in [0.717, 1.165) is 11.6 Å². The number of ether oxygens (including phenoxy) is 1. The van der Waals surface area contributed by atoms with E-state index in [2.05, 4.69) is 20.8 Å². The van der Waals surface area contributed by atoms with Gasteiger partial charge in [-0.05, 0) is 60.2 Å². The number of carbonyl (C=O) groups is 1. The van der Waals surface area contributed by atoms with Crippen molar-refractivity contribution in [2.24, 2.45) is 0 Å². The molecule has 7 nitrogen and oxygen atoms in total. The van der Waals surface area contributed by atoms with Crippen LogP contribution in [-0.2, 0) is 4.79 Å². The van der Waals surface area contributed by atoms with Crippen LogP contribution in [0.5, 0.6) is 5.75 Å². The Balaban J connectivity index is 1.79. The third-order valence-electron chi connectivity index (χ3n) is 3.84. The average Bonchev–Trinajstić information content (AvgIpc) is 3.11. The molecular formula is C18H17ClFN5O2S. The summed E-state index contributed by atoms with van der Waals surface area (Å²) in [5.41, 5.74) is 2.02. The van der Waals surface area contributed by atoms with Crippen LogP contribution in [0.25, 0.3) is 5.69 Å². The van der Waals surface area contributed by atoms with Gasteiger partial charge >= 0.3 is 0 Å². The summed E-state index contributed by atoms with van der Waals surface area (Å²) in [6.07, 6.45) is 0. The summed E-state index contributed by atoms with van der Waals surface area (Å²) in [6, 6.07) is 9.41. The predicted molar refractivity (Wildman–Crippen MR) is 106 cm³/mol. The number of carbonyl (C=O) groups excluding carboxylic acids is 1. The van der Waals surface area contributed by atoms with Crippen molar-refractivity contribution in [3.63, 3.8) is 0 Å². The smallest absolute Gasteiger partial charge is 0.237 e. The maximum Gasteiger partial charge on any atom is 0.237 e. The summed E-state index contributed by atoms with van der Waals surface area (Å²) in [7, 11) is 1.56. The second-order valence-corrected chi connectivity index (χ2v) is 7.64. The Kier molecular flexibility index (Phi) is 6.15. The molecule has 0 fully saturated rings. The highest BCUT2D eigenvalue weighted by atomic mass is 35.5. The van der Waals surface area contributed by atoms with Crippen molar-refractivity contribution >= 4 is 35.0 Å². The second-order valence-electron chi connectivity index (χ2n) is 5.92. The third kappa shape index (κ3) is 4.42. The number of nitrogens with one attached hydrogen (secondary N) is 1. The van der Waals surface area contributed by atoms with Gasteiger partial charge in [-0.2, -0.15) is 4.68 Å². The molecule has 0 aliphatic heterocycles. The van der Waals surface area contributed by atoms with Crippen molar-refractivity contribution in [1.29, 1.82) is 0 Å². The molecule has 1 N–H and O–H groups in total. The van der Waals surface area contributed by atoms with Crippen LogP contribution in [0.15, 0.2) is 41.6 Å². The third-order valence-corrected chi connectivity index (χ3v) is 5.19. The van der Waals surface area contributed by atoms with E-state index in [1.54, 1.807) is 14.0 Å². The lowest BCUT2D eigenvalue weighted by atomic mass is 10.2. The average molecular weight is 422 g/mol. The number of amides is 1. The molecule has 1 unspecified atom stereocenters. The first kappa shape index (κ1) is 20.1. The fourth-order valence-electron chi connectivity index (χ4n) is 2.41. The molecule has 0 saturated heterocycles. The standard InChI is InChI=1S/C18H17ClFN5O2S/c1-10-4-7-16(27-3)15(8-10)25-18(22-23-24-25)28-11(2)17(26)21-14-6-5-12(20)9-13(14)19/h4-9,11H,1-3H3,(H,21,26). The van der Waals surface area contributed by atoms with Gasteiger partial charge in [-0.3, -0.25) is 4.79 Å². The van der Waals surface area contributed by atoms with Crippen LogP contribution in [0.4, 0.5) is 10.1 Å². The maximum atomic E-state index is 13.2. The zero-order valence-corrected chi connectivity index (χ0v) is 16.9. The lowest BCUT2D eigenvalue weighted by molar-refractivity contribution is -0.115. The van der Waals surface area contributed by atoms with Crippen molar-refractivity contribution in [2.45, 2.75) is 24.3 Å². The highest BCUT2D eigenvalue weighted by Gasteiger charge is 2.21. The number of rotatable bonds is 6. The van der Waals surface area contributed by atoms with E-state index < -0.39 is 11.1 Å². The van der Waals surface area contributed by atoms with E-state index in [4.69, 9.17) is 16.3 Å². The number of benzene rings is 2. The van der Waals surface area contributed by atoms with Crippen LogP contribution in [0.2, 0.25) is 5.02 Å². The Morgan fingerprint density at radius 3 is 2.82 bits per heavy atom. The number of hydrogen-bond donors (Lipinski definition) is 1. The molecule has 146 valence electrons. The Morgan fingerprint density at radius 2 is 2.11 bits per heavy atom. The first-order chi connectivity index (χ1) is 13.4. The zero-order chi connectivity index (χ0) is 20.3. The molecule has 0 aliphatic rings. The van der Waals surface area contributed by atoms with Crippen LogP contribution in [-0.4, -0.2) is 38.5 Å². The van der Waals surface area contributed by atoms with Gasteiger partial charge in [0.1, 0.15) is 17.3 Å². The van der Waals surface area contributed by atoms with Gasteiger partial charge in [0.05, 0.1) is 23.1 Å². The lowest BCUT2D eigenvalue weighted by Crippen LogP contribution is -2.23. The summed E-state index contributed by atoms with van der Waals surface area (Å²) in [6.45, 7) is 3.66. The molecule has 28 heavy (non-hydrogen) atoms. The maximum absolute atomic E-state index is 13.2. The minimum absolute atomic E-state index is 0.125. The SMILES string of the molecule is COc1ccc(C)cc1-n1nnnc1SC(C)C(=O)Nc1ccc(F)cc1Cl. The van der Waals surface area contributed by atoms with E-state index in [0.29, 0.717) is 22.3 Å². The number of aromatic nitrogens is 4. The molecule has 1 atom stereocenters. The molecule has 2 aromatic carbocycles. The van der Waals surface area contributed by atoms with E-state index in [-0.39, 0.29) is 10.9 Å². The van der Waals surface area contributed by atoms with Crippen molar-refractivity contribution in [1.82, 2.24) is 20.2 Å². The number of thioether (sulfide) groups is 1. The van der Waals surface area contributed by atoms with Gasteiger partial charge in [0.25, 0.3) is 0 Å². The Bertz CT molecular complexity index is 1010. The molecule has 0 aliphatic carbocycles. The minimum Gasteiger partial charge on any atom is -0.494 e. The lowest BCUT2D eigenvalue weighted by Gasteiger charge is -2.14. The van der Waals surface area contributed by atoms with E-state index >= 15 is 0 Å². The normalized spacial score (nSPS) is 11.9. The quantitative estimate of drug-likeness (QED) is 0.608. The number of methoxy groups -OCH3 is 1. The highest BCUT2D eigenvalue weighted by molar-refractivity contribution is 8.00. The number of anilines is 1. The highest BCUT2D eigenvalue weighted by Crippen LogP contribution is 2.30. The molecule has 1 amide bonds. The van der Waals surface area contributed by atoms with Gasteiger partial charge in [-0.25, -0.2) is 4.39 Å². The molecule has 1 heterocycles. The van der Waals surface area contributed by atoms with Crippen molar-refractivity contribution in [3.05, 3.63) is 52.8 Å². The van der Waals surface area contributed by atoms with E-state index in [1.807, 2.05) is 25.1 Å². The molecule has 10 heteroatoms. The van der Waals surface area contributed by atoms with Gasteiger partial charge in [0.2, 0.25) is 11.1 Å². The van der Waals surface area contributed by atoms with Gasteiger partial charge in [-0.1, -0.05) is 29.4 Å². The summed E-state index contributed by atoms with van der Waals surface area (Å²) in [4.78, 5) is 12.5. The van der Waals surface area contributed by atoms with Crippen LogP contribution in [0.3, 0.4) is 0 Å². The number of tetrazole rings is 1. The summed E-state index contributed by atoms with van der Waals surface area (Å²) < 4.78 is 20.1. The first-order valence-electron chi connectivity index (χ1n) is 8.25.